The number of terminal acetylenes is 1. The van der Waals surface area contributed by atoms with Gasteiger partial charge in [-0.15, -0.1) is 0 Å². The highest BCUT2D eigenvalue weighted by atomic mass is 15.1. The Bertz CT molecular complexity index is 284. The summed E-state index contributed by atoms with van der Waals surface area (Å²) in [5.74, 6) is 0. The van der Waals surface area contributed by atoms with Gasteiger partial charge in [-0.05, 0) is 18.9 Å². The van der Waals surface area contributed by atoms with E-state index in [1.807, 2.05) is 18.0 Å². The molecule has 0 aliphatic rings. The van der Waals surface area contributed by atoms with Gasteiger partial charge in [0.25, 0.3) is 0 Å². The second-order valence-corrected chi connectivity index (χ2v) is 3.28. The molecule has 68 valence electrons. The van der Waals surface area contributed by atoms with Crippen molar-refractivity contribution in [3.63, 3.8) is 0 Å². The summed E-state index contributed by atoms with van der Waals surface area (Å²) in [6, 6.07) is 13.4. The Balaban J connectivity index is 2.56. The minimum absolute atomic E-state index is 0.396. The monoisotopic (exact) mass is 173 g/mol. The summed E-state index contributed by atoms with van der Waals surface area (Å²) in [5, 5.41) is 0. The number of rotatable bonds is 3. The number of hydrogen-bond donors (Lipinski definition) is 0. The first-order valence-corrected chi connectivity index (χ1v) is 4.47. The maximum absolute atomic E-state index is 5.30. The van der Waals surface area contributed by atoms with E-state index in [4.69, 9.17) is 6.42 Å². The van der Waals surface area contributed by atoms with Gasteiger partial charge in [-0.1, -0.05) is 36.8 Å². The molecule has 0 spiro atoms. The molecule has 0 amide bonds. The maximum Gasteiger partial charge on any atom is 0.0380 e. The summed E-state index contributed by atoms with van der Waals surface area (Å²) >= 11 is 0. The van der Waals surface area contributed by atoms with Crippen molar-refractivity contribution in [2.45, 2.75) is 19.4 Å². The fourth-order valence-electron chi connectivity index (χ4n) is 1.22. The normalized spacial score (nSPS) is 11.8. The van der Waals surface area contributed by atoms with Crippen molar-refractivity contribution in [2.24, 2.45) is 0 Å². The van der Waals surface area contributed by atoms with Crippen LogP contribution >= 0.6 is 0 Å². The van der Waals surface area contributed by atoms with Gasteiger partial charge in [0.2, 0.25) is 0 Å². The molecule has 0 aliphatic heterocycles. The predicted octanol–water partition coefficient (Wildman–Crippen LogP) is 2.14. The Labute approximate surface area is 80.4 Å². The van der Waals surface area contributed by atoms with Crippen molar-refractivity contribution in [3.8, 4) is 12.5 Å². The lowest BCUT2D eigenvalue weighted by Gasteiger charge is -2.20. The minimum atomic E-state index is 0.396. The fourth-order valence-corrected chi connectivity index (χ4v) is 1.22. The molecule has 1 heteroatoms. The molecule has 13 heavy (non-hydrogen) atoms. The van der Waals surface area contributed by atoms with Gasteiger partial charge in [0.05, 0.1) is 0 Å². The summed E-state index contributed by atoms with van der Waals surface area (Å²) in [6.45, 7) is 2.13. The van der Waals surface area contributed by atoms with Gasteiger partial charge >= 0.3 is 0 Å². The Kier molecular flexibility index (Phi) is 3.40. The first-order valence-electron chi connectivity index (χ1n) is 4.47. The summed E-state index contributed by atoms with van der Waals surface area (Å²) < 4.78 is 0. The summed E-state index contributed by atoms with van der Waals surface area (Å²) in [6.07, 6.45) is 6.30. The van der Waals surface area contributed by atoms with Crippen LogP contribution in [0.15, 0.2) is 30.3 Å². The van der Waals surface area contributed by atoms with Crippen LogP contribution < -0.4 is 0 Å². The number of likely N-dealkylation sites (N-methyl/N-ethyl adjacent to an activating group) is 1. The van der Waals surface area contributed by atoms with Crippen LogP contribution in [0, 0.1) is 12.5 Å². The molecule has 0 radical (unpaired) electrons. The predicted molar refractivity (Wildman–Crippen MR) is 56.2 cm³/mol. The fraction of sp³-hybridized carbons (Fsp3) is 0.333. The Morgan fingerprint density at radius 1 is 1.38 bits per heavy atom. The van der Waals surface area contributed by atoms with E-state index >= 15 is 0 Å². The van der Waals surface area contributed by atoms with E-state index < -0.39 is 0 Å². The molecule has 0 N–H and O–H groups in total. The Hall–Kier alpha value is -1.42. The molecule has 0 saturated heterocycles. The van der Waals surface area contributed by atoms with E-state index in [0.29, 0.717) is 6.04 Å². The van der Waals surface area contributed by atoms with E-state index in [2.05, 4.69) is 37.2 Å². The zero-order valence-electron chi connectivity index (χ0n) is 8.20. The van der Waals surface area contributed by atoms with Crippen LogP contribution in [0.3, 0.4) is 0 Å². The molecule has 0 saturated carbocycles. The summed E-state index contributed by atoms with van der Waals surface area (Å²) in [5.41, 5.74) is 1.33. The molecule has 0 unspecified atom stereocenters. The van der Waals surface area contributed by atoms with Crippen molar-refractivity contribution in [3.05, 3.63) is 35.9 Å². The molecule has 0 aromatic heterocycles. The molecule has 1 rings (SSSR count). The zero-order chi connectivity index (χ0) is 9.68. The van der Waals surface area contributed by atoms with Crippen LogP contribution in [0.1, 0.15) is 12.5 Å². The highest BCUT2D eigenvalue weighted by Crippen LogP contribution is 2.05. The van der Waals surface area contributed by atoms with E-state index in [9.17, 15) is 0 Å². The van der Waals surface area contributed by atoms with Crippen LogP contribution in [-0.2, 0) is 6.42 Å². The zero-order valence-corrected chi connectivity index (χ0v) is 8.20. The van der Waals surface area contributed by atoms with Crippen LogP contribution in [0.5, 0.6) is 0 Å². The van der Waals surface area contributed by atoms with Crippen molar-refractivity contribution in [1.29, 1.82) is 0 Å². The van der Waals surface area contributed by atoms with E-state index in [1.165, 1.54) is 5.56 Å². The van der Waals surface area contributed by atoms with E-state index in [-0.39, 0.29) is 0 Å². The van der Waals surface area contributed by atoms with Gasteiger partial charge in [0, 0.05) is 19.1 Å². The van der Waals surface area contributed by atoms with Gasteiger partial charge in [-0.3, -0.25) is 0 Å². The third-order valence-corrected chi connectivity index (χ3v) is 2.24. The van der Waals surface area contributed by atoms with Crippen LogP contribution in [0.4, 0.5) is 0 Å². The van der Waals surface area contributed by atoms with Gasteiger partial charge in [0.15, 0.2) is 0 Å². The average Bonchev–Trinajstić information content (AvgIpc) is 2.18. The SMILES string of the molecule is C#CN(C)[C@H](C)Cc1ccccc1. The molecular formula is C12H15N. The smallest absolute Gasteiger partial charge is 0.0380 e. The highest BCUT2D eigenvalue weighted by Gasteiger charge is 2.05. The standard InChI is InChI=1S/C12H15N/c1-4-13(3)11(2)10-12-8-6-5-7-9-12/h1,5-9,11H,10H2,2-3H3/t11-/m1/s1. The first kappa shape index (κ1) is 9.67. The summed E-state index contributed by atoms with van der Waals surface area (Å²) in [7, 11) is 1.94. The maximum atomic E-state index is 5.30. The lowest BCUT2D eigenvalue weighted by molar-refractivity contribution is 0.370. The Morgan fingerprint density at radius 3 is 2.54 bits per heavy atom. The molecule has 1 aromatic rings. The highest BCUT2D eigenvalue weighted by molar-refractivity contribution is 5.16. The molecule has 0 aliphatic carbocycles. The second kappa shape index (κ2) is 4.57. The third-order valence-electron chi connectivity index (χ3n) is 2.24. The molecule has 1 aromatic carbocycles. The van der Waals surface area contributed by atoms with Crippen LogP contribution in [-0.4, -0.2) is 18.0 Å². The largest absolute Gasteiger partial charge is 0.333 e. The van der Waals surface area contributed by atoms with E-state index in [1.54, 1.807) is 0 Å². The molecule has 0 fully saturated rings. The van der Waals surface area contributed by atoms with Crippen LogP contribution in [0.2, 0.25) is 0 Å². The van der Waals surface area contributed by atoms with Gasteiger partial charge < -0.3 is 4.90 Å². The van der Waals surface area contributed by atoms with Gasteiger partial charge in [-0.2, -0.15) is 0 Å². The molecular weight excluding hydrogens is 158 g/mol. The van der Waals surface area contributed by atoms with Crippen molar-refractivity contribution in [2.75, 3.05) is 7.05 Å². The molecule has 0 bridgehead atoms. The minimum Gasteiger partial charge on any atom is -0.333 e. The first-order chi connectivity index (χ1) is 6.24. The topological polar surface area (TPSA) is 3.24 Å². The van der Waals surface area contributed by atoms with Gasteiger partial charge in [0.1, 0.15) is 0 Å². The molecule has 1 atom stereocenters. The number of nitrogens with zero attached hydrogens (tertiary/aromatic N) is 1. The van der Waals surface area contributed by atoms with Crippen molar-refractivity contribution < 1.29 is 0 Å². The number of hydrogen-bond acceptors (Lipinski definition) is 1. The average molecular weight is 173 g/mol. The lowest BCUT2D eigenvalue weighted by Crippen LogP contribution is -2.26. The van der Waals surface area contributed by atoms with E-state index in [0.717, 1.165) is 6.42 Å². The third kappa shape index (κ3) is 2.83. The summed E-state index contributed by atoms with van der Waals surface area (Å²) in [4.78, 5) is 1.90. The Morgan fingerprint density at radius 2 is 2.00 bits per heavy atom. The van der Waals surface area contributed by atoms with Crippen molar-refractivity contribution in [1.82, 2.24) is 4.90 Å². The quantitative estimate of drug-likeness (QED) is 0.500. The van der Waals surface area contributed by atoms with Crippen molar-refractivity contribution >= 4 is 0 Å². The lowest BCUT2D eigenvalue weighted by atomic mass is 10.1. The molecule has 1 nitrogen and oxygen atoms in total. The molecule has 0 heterocycles. The van der Waals surface area contributed by atoms with Gasteiger partial charge in [-0.25, -0.2) is 0 Å². The second-order valence-electron chi connectivity index (χ2n) is 3.28. The number of benzene rings is 1. The van der Waals surface area contributed by atoms with Crippen LogP contribution in [0.25, 0.3) is 0 Å².